The van der Waals surface area contributed by atoms with Crippen LogP contribution in [0.2, 0.25) is 25.7 Å². The van der Waals surface area contributed by atoms with Crippen LogP contribution < -0.4 is 0 Å². The summed E-state index contributed by atoms with van der Waals surface area (Å²) in [6.07, 6.45) is 0. The number of hydrogen-bond donors (Lipinski definition) is 0. The van der Waals surface area contributed by atoms with E-state index in [1.165, 1.54) is 12.6 Å². The molecule has 0 saturated carbocycles. The molecule has 1 rings (SSSR count). The van der Waals surface area contributed by atoms with Crippen molar-refractivity contribution in [2.45, 2.75) is 32.6 Å². The molecule has 0 aromatic carbocycles. The van der Waals surface area contributed by atoms with Gasteiger partial charge in [0.05, 0.1) is 13.2 Å². The van der Waals surface area contributed by atoms with Gasteiger partial charge in [-0.2, -0.15) is 0 Å². The van der Waals surface area contributed by atoms with Crippen molar-refractivity contribution in [1.29, 1.82) is 0 Å². The zero-order valence-electron chi connectivity index (χ0n) is 10.2. The smallest absolute Gasteiger partial charge is 0.0594 e. The average Bonchev–Trinajstić information content (AvgIpc) is 2.02. The number of morpholine rings is 1. The van der Waals surface area contributed by atoms with Crippen molar-refractivity contribution < 1.29 is 4.74 Å². The van der Waals surface area contributed by atoms with E-state index in [0.717, 1.165) is 32.2 Å². The first-order valence-corrected chi connectivity index (χ1v) is 9.48. The highest BCUT2D eigenvalue weighted by Crippen LogP contribution is 2.17. The fraction of sp³-hybridized carbons (Fsp3) is 1.00. The van der Waals surface area contributed by atoms with E-state index in [1.807, 2.05) is 0 Å². The number of ether oxygens (including phenoxy) is 1. The quantitative estimate of drug-likeness (QED) is 0.667. The molecule has 0 bridgehead atoms. The van der Waals surface area contributed by atoms with E-state index < -0.39 is 8.07 Å². The number of hydrogen-bond acceptors (Lipinski definition) is 2. The Hall–Kier alpha value is 0.137. The molecular weight excluding hydrogens is 190 g/mol. The van der Waals surface area contributed by atoms with Gasteiger partial charge in [-0.25, -0.2) is 0 Å². The van der Waals surface area contributed by atoms with E-state index in [0.29, 0.717) is 0 Å². The van der Waals surface area contributed by atoms with E-state index in [2.05, 4.69) is 31.5 Å². The van der Waals surface area contributed by atoms with Crippen LogP contribution in [0.5, 0.6) is 0 Å². The second-order valence-electron chi connectivity index (χ2n) is 5.78. The maximum absolute atomic E-state index is 5.35. The topological polar surface area (TPSA) is 12.5 Å². The first-order valence-electron chi connectivity index (χ1n) is 5.77. The van der Waals surface area contributed by atoms with Gasteiger partial charge in [0.15, 0.2) is 0 Å². The molecule has 1 aliphatic heterocycles. The summed E-state index contributed by atoms with van der Waals surface area (Å²) in [5, 5.41) is 0. The van der Waals surface area contributed by atoms with Crippen molar-refractivity contribution in [3.8, 4) is 0 Å². The summed E-state index contributed by atoms with van der Waals surface area (Å²) >= 11 is 0. The predicted octanol–water partition coefficient (Wildman–Crippen LogP) is 2.29. The molecular formula is C11H25NOSi. The third kappa shape index (κ3) is 5.13. The highest BCUT2D eigenvalue weighted by molar-refractivity contribution is 6.76. The molecule has 1 aliphatic rings. The summed E-state index contributed by atoms with van der Waals surface area (Å²) < 4.78 is 5.35. The highest BCUT2D eigenvalue weighted by Gasteiger charge is 2.20. The molecule has 2 nitrogen and oxygen atoms in total. The van der Waals surface area contributed by atoms with Crippen molar-refractivity contribution in [3.05, 3.63) is 0 Å². The lowest BCUT2D eigenvalue weighted by Gasteiger charge is -2.31. The minimum atomic E-state index is -0.863. The van der Waals surface area contributed by atoms with Crippen LogP contribution in [-0.4, -0.2) is 45.8 Å². The Balaban J connectivity index is 2.21. The fourth-order valence-electron chi connectivity index (χ4n) is 2.33. The average molecular weight is 215 g/mol. The van der Waals surface area contributed by atoms with Gasteiger partial charge in [-0.05, 0) is 5.92 Å². The van der Waals surface area contributed by atoms with Crippen molar-refractivity contribution >= 4 is 8.07 Å². The Kier molecular flexibility index (Phi) is 4.61. The summed E-state index contributed by atoms with van der Waals surface area (Å²) in [5.74, 6) is 0.861. The lowest BCUT2D eigenvalue weighted by molar-refractivity contribution is 0.0328. The minimum absolute atomic E-state index is 0.861. The molecule has 14 heavy (non-hydrogen) atoms. The molecule has 0 aliphatic carbocycles. The molecule has 1 fully saturated rings. The first kappa shape index (κ1) is 12.2. The number of rotatable bonds is 4. The SMILES string of the molecule is CC(CN1CCOCC1)C[Si](C)(C)C. The van der Waals surface area contributed by atoms with E-state index in [9.17, 15) is 0 Å². The summed E-state index contributed by atoms with van der Waals surface area (Å²) in [6.45, 7) is 15.2. The Morgan fingerprint density at radius 1 is 1.21 bits per heavy atom. The minimum Gasteiger partial charge on any atom is -0.379 e. The van der Waals surface area contributed by atoms with Crippen LogP contribution in [-0.2, 0) is 4.74 Å². The molecule has 0 N–H and O–H groups in total. The van der Waals surface area contributed by atoms with Crippen molar-refractivity contribution in [3.63, 3.8) is 0 Å². The predicted molar refractivity (Wildman–Crippen MR) is 64.6 cm³/mol. The van der Waals surface area contributed by atoms with Gasteiger partial charge in [0.1, 0.15) is 0 Å². The summed E-state index contributed by atoms with van der Waals surface area (Å²) in [7, 11) is -0.863. The lowest BCUT2D eigenvalue weighted by Crippen LogP contribution is -2.40. The largest absolute Gasteiger partial charge is 0.379 e. The van der Waals surface area contributed by atoms with Gasteiger partial charge in [-0.1, -0.05) is 32.6 Å². The van der Waals surface area contributed by atoms with Gasteiger partial charge in [0, 0.05) is 27.7 Å². The van der Waals surface area contributed by atoms with Crippen LogP contribution in [0.3, 0.4) is 0 Å². The number of nitrogens with zero attached hydrogens (tertiary/aromatic N) is 1. The first-order chi connectivity index (χ1) is 6.47. The van der Waals surface area contributed by atoms with E-state index in [1.54, 1.807) is 0 Å². The third-order valence-electron chi connectivity index (χ3n) is 2.63. The molecule has 1 atom stereocenters. The highest BCUT2D eigenvalue weighted by atomic mass is 28.3. The van der Waals surface area contributed by atoms with Gasteiger partial charge in [0.2, 0.25) is 0 Å². The maximum atomic E-state index is 5.35. The molecule has 1 heterocycles. The molecule has 84 valence electrons. The standard InChI is InChI=1S/C11H25NOSi/c1-11(10-14(2,3)4)9-12-5-7-13-8-6-12/h11H,5-10H2,1-4H3. The second-order valence-corrected chi connectivity index (χ2v) is 11.3. The molecule has 0 spiro atoms. The van der Waals surface area contributed by atoms with Gasteiger partial charge >= 0.3 is 0 Å². The van der Waals surface area contributed by atoms with Gasteiger partial charge in [-0.3, -0.25) is 4.90 Å². The van der Waals surface area contributed by atoms with Crippen LogP contribution in [0.15, 0.2) is 0 Å². The molecule has 0 radical (unpaired) electrons. The van der Waals surface area contributed by atoms with Crippen molar-refractivity contribution in [2.24, 2.45) is 5.92 Å². The van der Waals surface area contributed by atoms with Crippen LogP contribution in [0.25, 0.3) is 0 Å². The molecule has 1 unspecified atom stereocenters. The normalized spacial score (nSPS) is 22.3. The molecule has 0 aromatic rings. The van der Waals surface area contributed by atoms with Gasteiger partial charge in [0.25, 0.3) is 0 Å². The summed E-state index contributed by atoms with van der Waals surface area (Å²) in [6, 6.07) is 1.45. The molecule has 3 heteroatoms. The summed E-state index contributed by atoms with van der Waals surface area (Å²) in [4.78, 5) is 2.55. The molecule has 0 amide bonds. The monoisotopic (exact) mass is 215 g/mol. The van der Waals surface area contributed by atoms with E-state index in [4.69, 9.17) is 4.74 Å². The van der Waals surface area contributed by atoms with E-state index in [-0.39, 0.29) is 0 Å². The zero-order valence-corrected chi connectivity index (χ0v) is 11.2. The van der Waals surface area contributed by atoms with Crippen LogP contribution in [0.1, 0.15) is 6.92 Å². The summed E-state index contributed by atoms with van der Waals surface area (Å²) in [5.41, 5.74) is 0. The lowest BCUT2D eigenvalue weighted by atomic mass is 10.2. The van der Waals surface area contributed by atoms with Crippen molar-refractivity contribution in [1.82, 2.24) is 4.90 Å². The van der Waals surface area contributed by atoms with Gasteiger partial charge in [-0.15, -0.1) is 0 Å². The van der Waals surface area contributed by atoms with Gasteiger partial charge < -0.3 is 4.74 Å². The van der Waals surface area contributed by atoms with Crippen LogP contribution in [0.4, 0.5) is 0 Å². The van der Waals surface area contributed by atoms with E-state index >= 15 is 0 Å². The Morgan fingerprint density at radius 3 is 2.29 bits per heavy atom. The van der Waals surface area contributed by atoms with Crippen molar-refractivity contribution in [2.75, 3.05) is 32.8 Å². The van der Waals surface area contributed by atoms with Crippen LogP contribution >= 0.6 is 0 Å². The Morgan fingerprint density at radius 2 is 1.79 bits per heavy atom. The second kappa shape index (κ2) is 5.28. The molecule has 0 aromatic heterocycles. The Labute approximate surface area is 89.6 Å². The fourth-order valence-corrected chi connectivity index (χ4v) is 4.55. The van der Waals surface area contributed by atoms with Crippen LogP contribution in [0, 0.1) is 5.92 Å². The molecule has 1 saturated heterocycles. The Bertz CT molecular complexity index is 161. The maximum Gasteiger partial charge on any atom is 0.0594 e. The third-order valence-corrected chi connectivity index (χ3v) is 4.56. The zero-order chi connectivity index (χ0) is 10.6.